The molecule has 1 aromatic carbocycles. The van der Waals surface area contributed by atoms with Gasteiger partial charge in [-0.2, -0.15) is 0 Å². The van der Waals surface area contributed by atoms with Gasteiger partial charge < -0.3 is 4.74 Å². The van der Waals surface area contributed by atoms with E-state index in [0.29, 0.717) is 12.3 Å². The van der Waals surface area contributed by atoms with Crippen molar-refractivity contribution >= 4 is 33.2 Å². The standard InChI is InChI=1S/C13H12BrNO2S/c1-3-17-13(16)11-12(18-8(2)15-11)9-4-6-10(14)7-5-9/h4-7H,3H2,1-2H3. The summed E-state index contributed by atoms with van der Waals surface area (Å²) in [7, 11) is 0. The molecule has 0 bridgehead atoms. The molecule has 0 fully saturated rings. The number of aryl methyl sites for hydroxylation is 1. The summed E-state index contributed by atoms with van der Waals surface area (Å²) in [5, 5.41) is 0.857. The van der Waals surface area contributed by atoms with E-state index in [0.717, 1.165) is 19.9 Å². The van der Waals surface area contributed by atoms with E-state index in [1.165, 1.54) is 11.3 Å². The van der Waals surface area contributed by atoms with Crippen molar-refractivity contribution in [2.24, 2.45) is 0 Å². The Bertz CT molecular complexity index is 563. The molecule has 2 aromatic rings. The first-order valence-corrected chi connectivity index (χ1v) is 7.13. The molecular weight excluding hydrogens is 314 g/mol. The highest BCUT2D eigenvalue weighted by atomic mass is 79.9. The third-order valence-corrected chi connectivity index (χ3v) is 3.86. The molecule has 94 valence electrons. The van der Waals surface area contributed by atoms with Gasteiger partial charge in [-0.05, 0) is 31.5 Å². The summed E-state index contributed by atoms with van der Waals surface area (Å²) in [6.07, 6.45) is 0. The van der Waals surface area contributed by atoms with Gasteiger partial charge in [-0.15, -0.1) is 11.3 Å². The molecule has 0 aliphatic carbocycles. The molecule has 3 nitrogen and oxygen atoms in total. The van der Waals surface area contributed by atoms with Crippen LogP contribution >= 0.6 is 27.3 Å². The van der Waals surface area contributed by atoms with Crippen molar-refractivity contribution in [2.45, 2.75) is 13.8 Å². The van der Waals surface area contributed by atoms with Gasteiger partial charge in [0.15, 0.2) is 5.69 Å². The van der Waals surface area contributed by atoms with Crippen molar-refractivity contribution < 1.29 is 9.53 Å². The van der Waals surface area contributed by atoms with E-state index in [1.54, 1.807) is 6.92 Å². The van der Waals surface area contributed by atoms with Gasteiger partial charge in [0.05, 0.1) is 16.5 Å². The van der Waals surface area contributed by atoms with Crippen LogP contribution in [-0.4, -0.2) is 17.6 Å². The fourth-order valence-electron chi connectivity index (χ4n) is 1.56. The lowest BCUT2D eigenvalue weighted by molar-refractivity contribution is 0.0521. The lowest BCUT2D eigenvalue weighted by atomic mass is 10.1. The van der Waals surface area contributed by atoms with Gasteiger partial charge in [0.1, 0.15) is 0 Å². The molecule has 5 heteroatoms. The quantitative estimate of drug-likeness (QED) is 0.799. The molecule has 0 aliphatic heterocycles. The van der Waals surface area contributed by atoms with E-state index in [2.05, 4.69) is 20.9 Å². The highest BCUT2D eigenvalue weighted by molar-refractivity contribution is 9.10. The number of benzene rings is 1. The largest absolute Gasteiger partial charge is 0.461 e. The second-order valence-corrected chi connectivity index (χ2v) is 5.76. The van der Waals surface area contributed by atoms with Crippen LogP contribution in [0.15, 0.2) is 28.7 Å². The average Bonchev–Trinajstić information content (AvgIpc) is 2.73. The Hall–Kier alpha value is -1.20. The zero-order chi connectivity index (χ0) is 13.1. The van der Waals surface area contributed by atoms with E-state index in [-0.39, 0.29) is 5.97 Å². The molecular formula is C13H12BrNO2S. The molecule has 0 amide bonds. The minimum atomic E-state index is -0.361. The summed E-state index contributed by atoms with van der Waals surface area (Å²) in [4.78, 5) is 17.0. The van der Waals surface area contributed by atoms with Crippen molar-refractivity contribution in [1.82, 2.24) is 4.98 Å². The van der Waals surface area contributed by atoms with Gasteiger partial charge >= 0.3 is 5.97 Å². The van der Waals surface area contributed by atoms with Gasteiger partial charge in [-0.3, -0.25) is 0 Å². The maximum atomic E-state index is 11.8. The molecule has 0 N–H and O–H groups in total. The molecule has 0 atom stereocenters. The second-order valence-electron chi connectivity index (χ2n) is 3.64. The Kier molecular flexibility index (Phi) is 4.14. The average molecular weight is 326 g/mol. The number of nitrogens with zero attached hydrogens (tertiary/aromatic N) is 1. The zero-order valence-electron chi connectivity index (χ0n) is 10.1. The number of esters is 1. The fraction of sp³-hybridized carbons (Fsp3) is 0.231. The number of carbonyl (C=O) groups is 1. The molecule has 0 radical (unpaired) electrons. The maximum Gasteiger partial charge on any atom is 0.358 e. The minimum Gasteiger partial charge on any atom is -0.461 e. The van der Waals surface area contributed by atoms with Gasteiger partial charge in [-0.25, -0.2) is 9.78 Å². The monoisotopic (exact) mass is 325 g/mol. The predicted octanol–water partition coefficient (Wildman–Crippen LogP) is 4.06. The highest BCUT2D eigenvalue weighted by Gasteiger charge is 2.19. The maximum absolute atomic E-state index is 11.8. The number of carbonyl (C=O) groups excluding carboxylic acids is 1. The summed E-state index contributed by atoms with van der Waals surface area (Å²) in [5.41, 5.74) is 1.38. The van der Waals surface area contributed by atoms with Crippen LogP contribution in [0.25, 0.3) is 10.4 Å². The fourth-order valence-corrected chi connectivity index (χ4v) is 2.74. The second kappa shape index (κ2) is 5.63. The minimum absolute atomic E-state index is 0.356. The van der Waals surface area contributed by atoms with E-state index in [4.69, 9.17) is 4.74 Å². The molecule has 1 heterocycles. The molecule has 0 saturated carbocycles. The summed E-state index contributed by atoms with van der Waals surface area (Å²) in [6, 6.07) is 7.80. The first-order valence-electron chi connectivity index (χ1n) is 5.52. The Morgan fingerprint density at radius 2 is 2.06 bits per heavy atom. The van der Waals surface area contributed by atoms with E-state index < -0.39 is 0 Å². The number of ether oxygens (including phenoxy) is 1. The summed E-state index contributed by atoms with van der Waals surface area (Å²) in [5.74, 6) is -0.361. The van der Waals surface area contributed by atoms with Gasteiger partial charge in [0.25, 0.3) is 0 Å². The van der Waals surface area contributed by atoms with Crippen LogP contribution in [0.4, 0.5) is 0 Å². The third kappa shape index (κ3) is 2.79. The molecule has 18 heavy (non-hydrogen) atoms. The van der Waals surface area contributed by atoms with Crippen LogP contribution in [0, 0.1) is 6.92 Å². The summed E-state index contributed by atoms with van der Waals surface area (Å²) in [6.45, 7) is 4.03. The molecule has 1 aromatic heterocycles. The topological polar surface area (TPSA) is 39.2 Å². The van der Waals surface area contributed by atoms with Gasteiger partial charge in [0.2, 0.25) is 0 Å². The highest BCUT2D eigenvalue weighted by Crippen LogP contribution is 2.31. The van der Waals surface area contributed by atoms with E-state index in [1.807, 2.05) is 31.2 Å². The van der Waals surface area contributed by atoms with Crippen LogP contribution in [0.5, 0.6) is 0 Å². The smallest absolute Gasteiger partial charge is 0.358 e. The van der Waals surface area contributed by atoms with Crippen LogP contribution in [0.1, 0.15) is 22.4 Å². The molecule has 0 aliphatic rings. The van der Waals surface area contributed by atoms with Crippen LogP contribution in [0.3, 0.4) is 0 Å². The Balaban J connectivity index is 2.44. The van der Waals surface area contributed by atoms with Crippen LogP contribution < -0.4 is 0 Å². The Labute approximate surface area is 118 Å². The molecule has 0 unspecified atom stereocenters. The van der Waals surface area contributed by atoms with Crippen molar-refractivity contribution in [1.29, 1.82) is 0 Å². The number of thiazole rings is 1. The van der Waals surface area contributed by atoms with Crippen molar-refractivity contribution in [2.75, 3.05) is 6.61 Å². The summed E-state index contributed by atoms with van der Waals surface area (Å²) >= 11 is 4.89. The predicted molar refractivity (Wildman–Crippen MR) is 75.9 cm³/mol. The Morgan fingerprint density at radius 3 is 2.67 bits per heavy atom. The normalized spacial score (nSPS) is 10.4. The first kappa shape index (κ1) is 13.2. The lowest BCUT2D eigenvalue weighted by Crippen LogP contribution is -2.06. The van der Waals surface area contributed by atoms with E-state index >= 15 is 0 Å². The van der Waals surface area contributed by atoms with Crippen LogP contribution in [0.2, 0.25) is 0 Å². The number of rotatable bonds is 3. The SMILES string of the molecule is CCOC(=O)c1nc(C)sc1-c1ccc(Br)cc1. The Morgan fingerprint density at radius 1 is 1.39 bits per heavy atom. The molecule has 0 saturated heterocycles. The van der Waals surface area contributed by atoms with Crippen LogP contribution in [-0.2, 0) is 4.74 Å². The first-order chi connectivity index (χ1) is 8.61. The molecule has 0 spiro atoms. The number of hydrogen-bond donors (Lipinski definition) is 0. The van der Waals surface area contributed by atoms with Crippen molar-refractivity contribution in [3.8, 4) is 10.4 Å². The third-order valence-electron chi connectivity index (χ3n) is 2.31. The van der Waals surface area contributed by atoms with Gasteiger partial charge in [-0.1, -0.05) is 28.1 Å². The van der Waals surface area contributed by atoms with Crippen molar-refractivity contribution in [3.05, 3.63) is 39.4 Å². The number of hydrogen-bond acceptors (Lipinski definition) is 4. The number of aromatic nitrogens is 1. The zero-order valence-corrected chi connectivity index (χ0v) is 12.5. The van der Waals surface area contributed by atoms with Gasteiger partial charge in [0, 0.05) is 4.47 Å². The number of halogens is 1. The van der Waals surface area contributed by atoms with Crippen molar-refractivity contribution in [3.63, 3.8) is 0 Å². The summed E-state index contributed by atoms with van der Waals surface area (Å²) < 4.78 is 6.03. The lowest BCUT2D eigenvalue weighted by Gasteiger charge is -2.02. The molecule has 2 rings (SSSR count). The van der Waals surface area contributed by atoms with E-state index in [9.17, 15) is 4.79 Å².